The van der Waals surface area contributed by atoms with Gasteiger partial charge in [-0.05, 0) is 73.2 Å². The van der Waals surface area contributed by atoms with E-state index in [9.17, 15) is 13.6 Å². The number of thiol groups is 1. The van der Waals surface area contributed by atoms with Crippen LogP contribution in [0.1, 0.15) is 82.0 Å². The van der Waals surface area contributed by atoms with Gasteiger partial charge in [0.25, 0.3) is 5.92 Å². The van der Waals surface area contributed by atoms with Gasteiger partial charge in [0.2, 0.25) is 0 Å². The molecule has 1 aliphatic heterocycles. The van der Waals surface area contributed by atoms with Gasteiger partial charge in [-0.1, -0.05) is 75.9 Å². The molecule has 1 N–H and O–H groups in total. The average molecular weight is 715 g/mol. The van der Waals surface area contributed by atoms with Crippen LogP contribution in [0.4, 0.5) is 13.6 Å². The van der Waals surface area contributed by atoms with Crippen LogP contribution in [0.2, 0.25) is 0 Å². The van der Waals surface area contributed by atoms with Gasteiger partial charge in [-0.2, -0.15) is 0 Å². The van der Waals surface area contributed by atoms with Gasteiger partial charge in [-0.15, -0.1) is 12.6 Å². The predicted octanol–water partition coefficient (Wildman–Crippen LogP) is 9.94. The zero-order chi connectivity index (χ0) is 36.9. The number of likely N-dealkylation sites (tertiary alicyclic amines) is 1. The summed E-state index contributed by atoms with van der Waals surface area (Å²) >= 11 is 4.50. The van der Waals surface area contributed by atoms with E-state index < -0.39 is 12.0 Å². The molecular formula is C41H48F2N4O3S. The van der Waals surface area contributed by atoms with Gasteiger partial charge in [-0.3, -0.25) is 9.47 Å². The maximum Gasteiger partial charge on any atom is 0.326 e. The molecule has 10 heteroatoms. The van der Waals surface area contributed by atoms with E-state index >= 15 is 4.79 Å². The zero-order valence-corrected chi connectivity index (χ0v) is 30.9. The number of nitrogens with zero attached hydrogens (tertiary/aromatic N) is 3. The Balaban J connectivity index is 1.60. The largest absolute Gasteiger partial charge is 0.496 e. The molecule has 2 unspecified atom stereocenters. The molecule has 5 rings (SSSR count). The summed E-state index contributed by atoms with van der Waals surface area (Å²) < 4.78 is 36.4. The normalized spacial score (nSPS) is 15.7. The summed E-state index contributed by atoms with van der Waals surface area (Å²) in [6.07, 6.45) is 8.95. The van der Waals surface area contributed by atoms with Crippen molar-refractivity contribution in [1.82, 2.24) is 19.4 Å². The van der Waals surface area contributed by atoms with Crippen LogP contribution in [0.3, 0.4) is 0 Å². The van der Waals surface area contributed by atoms with Crippen LogP contribution in [-0.4, -0.2) is 51.6 Å². The van der Waals surface area contributed by atoms with Crippen molar-refractivity contribution in [3.8, 4) is 5.75 Å². The number of piperidine rings is 1. The first-order valence-corrected chi connectivity index (χ1v) is 18.0. The second-order valence-corrected chi connectivity index (χ2v) is 13.7. The van der Waals surface area contributed by atoms with Crippen molar-refractivity contribution in [1.29, 1.82) is 0 Å². The number of H-pyrrole nitrogens is 1. The number of hydrogen-bond donors (Lipinski definition) is 2. The molecule has 3 aromatic carbocycles. The van der Waals surface area contributed by atoms with Crippen LogP contribution in [0.25, 0.3) is 16.7 Å². The number of halogens is 2. The fraction of sp³-hybridized carbons (Fsp3) is 0.366. The van der Waals surface area contributed by atoms with E-state index in [0.717, 1.165) is 46.8 Å². The van der Waals surface area contributed by atoms with Crippen LogP contribution in [0.5, 0.6) is 5.75 Å². The number of urea groups is 1. The number of nitrogens with one attached hydrogen (secondary N) is 1. The Morgan fingerprint density at radius 2 is 1.78 bits per heavy atom. The maximum atomic E-state index is 15.1. The molecule has 0 saturated carbocycles. The minimum atomic E-state index is -3.09. The van der Waals surface area contributed by atoms with Crippen molar-refractivity contribution in [3.63, 3.8) is 0 Å². The number of ether oxygens (including phenoxy) is 1. The van der Waals surface area contributed by atoms with Gasteiger partial charge < -0.3 is 14.6 Å². The lowest BCUT2D eigenvalue weighted by Crippen LogP contribution is -2.51. The number of amides is 2. The molecule has 4 aromatic rings. The quantitative estimate of drug-likeness (QED) is 0.113. The highest BCUT2D eigenvalue weighted by molar-refractivity contribution is 7.80. The van der Waals surface area contributed by atoms with E-state index in [-0.39, 0.29) is 35.0 Å². The molecule has 2 heterocycles. The topological polar surface area (TPSA) is 70.6 Å². The molecule has 0 radical (unpaired) electrons. The van der Waals surface area contributed by atoms with Crippen molar-refractivity contribution in [2.75, 3.05) is 20.2 Å². The average Bonchev–Trinajstić information content (AvgIpc) is 3.46. The van der Waals surface area contributed by atoms with Gasteiger partial charge >= 0.3 is 11.7 Å². The number of carbonyl (C=O) groups excluding carboxylic acids is 1. The number of methoxy groups -OCH3 is 1. The Morgan fingerprint density at radius 3 is 2.41 bits per heavy atom. The summed E-state index contributed by atoms with van der Waals surface area (Å²) in [7, 11) is 1.43. The maximum absolute atomic E-state index is 15.1. The Kier molecular flexibility index (Phi) is 12.0. The fourth-order valence-electron chi connectivity index (χ4n) is 7.04. The molecule has 1 aromatic heterocycles. The summed E-state index contributed by atoms with van der Waals surface area (Å²) in [4.78, 5) is 35.5. The van der Waals surface area contributed by atoms with E-state index in [2.05, 4.69) is 63.2 Å². The first-order valence-electron chi connectivity index (χ1n) is 17.6. The number of hydrogen-bond acceptors (Lipinski definition) is 4. The number of rotatable bonds is 12. The summed E-state index contributed by atoms with van der Waals surface area (Å²) in [5, 5.41) is 0. The molecular weight excluding hydrogens is 667 g/mol. The zero-order valence-electron chi connectivity index (χ0n) is 30.0. The molecule has 7 nitrogen and oxygen atoms in total. The summed E-state index contributed by atoms with van der Waals surface area (Å²) in [5.41, 5.74) is 3.98. The smallest absolute Gasteiger partial charge is 0.326 e. The van der Waals surface area contributed by atoms with Gasteiger partial charge in [0.15, 0.2) is 0 Å². The van der Waals surface area contributed by atoms with Gasteiger partial charge in [-0.25, -0.2) is 18.4 Å². The molecule has 0 aliphatic carbocycles. The van der Waals surface area contributed by atoms with E-state index in [1.807, 2.05) is 53.4 Å². The number of imidazole rings is 1. The number of fused-ring (bicyclic) bond motifs is 1. The number of para-hydroxylation sites is 2. The van der Waals surface area contributed by atoms with E-state index in [1.54, 1.807) is 15.5 Å². The van der Waals surface area contributed by atoms with Gasteiger partial charge in [0, 0.05) is 53.7 Å². The molecule has 0 spiro atoms. The third-order valence-electron chi connectivity index (χ3n) is 9.74. The number of allylic oxidation sites excluding steroid dienone is 2. The lowest BCUT2D eigenvalue weighted by molar-refractivity contribution is 0.0172. The molecule has 270 valence electrons. The number of benzene rings is 3. The standard InChI is InChI=1S/C41H48F2N4O3S/c1-7-9-13-30(12-8-2)38(27(3)29-16-19-33(51)20-17-29)46(28(4)34-21-18-31(41(5,42)43)26-37(34)50-6)40(49)45-24-22-32(23-25-45)47-36-15-11-10-14-35(36)44-39(47)48/h9-21,26-27,32,38,51H,4,7-8,22-25H2,1-3,5-6H3,(H,44,48)/b13-9-,30-12+. The number of aromatic amines is 1. The van der Waals surface area contributed by atoms with Crippen LogP contribution in [0, 0.1) is 0 Å². The minimum Gasteiger partial charge on any atom is -0.496 e. The Labute approximate surface area is 304 Å². The molecule has 51 heavy (non-hydrogen) atoms. The molecule has 1 saturated heterocycles. The lowest BCUT2D eigenvalue weighted by atomic mass is 9.85. The minimum absolute atomic E-state index is 0.0878. The monoisotopic (exact) mass is 714 g/mol. The van der Waals surface area contributed by atoms with Gasteiger partial charge in [0.1, 0.15) is 5.75 Å². The first kappa shape index (κ1) is 37.7. The number of carbonyl (C=O) groups is 1. The van der Waals surface area contributed by atoms with Crippen LogP contribution in [-0.2, 0) is 5.92 Å². The number of aromatic nitrogens is 2. The summed E-state index contributed by atoms with van der Waals surface area (Å²) in [6.45, 7) is 12.3. The second kappa shape index (κ2) is 16.2. The highest BCUT2D eigenvalue weighted by Gasteiger charge is 2.38. The molecule has 2 amide bonds. The molecule has 0 bridgehead atoms. The van der Waals surface area contributed by atoms with E-state index in [0.29, 0.717) is 37.2 Å². The fourth-order valence-corrected chi connectivity index (χ4v) is 7.19. The Hall–Kier alpha value is -4.57. The molecule has 1 aliphatic rings. The Morgan fingerprint density at radius 1 is 1.10 bits per heavy atom. The SMILES string of the molecule is C=C(c1ccc(C(C)(F)F)cc1OC)N(C(=O)N1CCC(n2c(=O)[nH]c3ccccc32)CC1)C(C(/C=C\CC)=C/CC)C(C)c1ccc(S)cc1. The third-order valence-corrected chi connectivity index (χ3v) is 10.0. The van der Waals surface area contributed by atoms with E-state index in [4.69, 9.17) is 4.74 Å². The van der Waals surface area contributed by atoms with E-state index in [1.165, 1.54) is 19.2 Å². The lowest BCUT2D eigenvalue weighted by Gasteiger charge is -2.43. The van der Waals surface area contributed by atoms with Crippen LogP contribution < -0.4 is 10.4 Å². The predicted molar refractivity (Wildman–Crippen MR) is 205 cm³/mol. The third kappa shape index (κ3) is 8.17. The highest BCUT2D eigenvalue weighted by Crippen LogP contribution is 2.40. The molecule has 2 atom stereocenters. The second-order valence-electron chi connectivity index (χ2n) is 13.2. The van der Waals surface area contributed by atoms with Crippen LogP contribution in [0.15, 0.2) is 107 Å². The van der Waals surface area contributed by atoms with Crippen molar-refractivity contribution in [2.24, 2.45) is 0 Å². The number of alkyl halides is 2. The van der Waals surface area contributed by atoms with Gasteiger partial charge in [0.05, 0.1) is 24.2 Å². The van der Waals surface area contributed by atoms with Crippen molar-refractivity contribution in [2.45, 2.75) is 82.2 Å². The Bertz CT molecular complexity index is 1970. The van der Waals surface area contributed by atoms with Crippen molar-refractivity contribution in [3.05, 3.63) is 124 Å². The summed E-state index contributed by atoms with van der Waals surface area (Å²) in [5.74, 6) is -3.10. The molecule has 1 fully saturated rings. The van der Waals surface area contributed by atoms with Crippen molar-refractivity contribution < 1.29 is 18.3 Å². The summed E-state index contributed by atoms with van der Waals surface area (Å²) in [6, 6.07) is 18.9. The highest BCUT2D eigenvalue weighted by atomic mass is 32.1. The van der Waals surface area contributed by atoms with Crippen LogP contribution >= 0.6 is 12.6 Å². The van der Waals surface area contributed by atoms with Crippen molar-refractivity contribution >= 4 is 35.4 Å². The first-order chi connectivity index (χ1) is 24.4.